The fourth-order valence-electron chi connectivity index (χ4n) is 2.56. The molecule has 0 aliphatic carbocycles. The third-order valence-electron chi connectivity index (χ3n) is 3.73. The van der Waals surface area contributed by atoms with Crippen LogP contribution < -0.4 is 5.32 Å². The number of hydrogen-bond donors (Lipinski definition) is 1. The molecule has 0 amide bonds. The van der Waals surface area contributed by atoms with Gasteiger partial charge in [-0.05, 0) is 32.0 Å². The second-order valence-corrected chi connectivity index (χ2v) is 5.31. The van der Waals surface area contributed by atoms with E-state index in [-0.39, 0.29) is 0 Å². The van der Waals surface area contributed by atoms with Crippen molar-refractivity contribution >= 4 is 11.0 Å². The van der Waals surface area contributed by atoms with Gasteiger partial charge in [-0.15, -0.1) is 0 Å². The number of nitrogens with one attached hydrogen (secondary N) is 1. The third kappa shape index (κ3) is 2.85. The van der Waals surface area contributed by atoms with Crippen LogP contribution in [0.4, 0.5) is 0 Å². The molecule has 1 aromatic carbocycles. The van der Waals surface area contributed by atoms with E-state index in [1.54, 1.807) is 0 Å². The predicted octanol–water partition coefficient (Wildman–Crippen LogP) is 3.49. The van der Waals surface area contributed by atoms with Gasteiger partial charge < -0.3 is 9.73 Å². The maximum atomic E-state index is 6.03. The minimum Gasteiger partial charge on any atom is -0.459 e. The van der Waals surface area contributed by atoms with Crippen LogP contribution in [0.2, 0.25) is 0 Å². The van der Waals surface area contributed by atoms with Crippen LogP contribution in [-0.4, -0.2) is 16.3 Å². The molecular formula is C17H21N3O. The van der Waals surface area contributed by atoms with Gasteiger partial charge in [-0.25, -0.2) is 0 Å². The van der Waals surface area contributed by atoms with E-state index in [1.807, 2.05) is 29.1 Å². The van der Waals surface area contributed by atoms with Gasteiger partial charge in [-0.3, -0.25) is 4.68 Å². The van der Waals surface area contributed by atoms with Gasteiger partial charge in [0.05, 0.1) is 13.1 Å². The minimum absolute atomic E-state index is 0.749. The molecule has 1 N–H and O–H groups in total. The second kappa shape index (κ2) is 6.14. The number of aryl methyl sites for hydroxylation is 1. The molecule has 0 aliphatic rings. The van der Waals surface area contributed by atoms with Crippen LogP contribution in [0.3, 0.4) is 0 Å². The van der Waals surface area contributed by atoms with Crippen LogP contribution in [0.15, 0.2) is 40.9 Å². The Hall–Kier alpha value is -2.07. The topological polar surface area (TPSA) is 43.0 Å². The molecule has 2 aromatic heterocycles. The largest absolute Gasteiger partial charge is 0.459 e. The Morgan fingerprint density at radius 1 is 1.24 bits per heavy atom. The first-order chi connectivity index (χ1) is 10.3. The summed E-state index contributed by atoms with van der Waals surface area (Å²) in [6.07, 6.45) is 2.96. The highest BCUT2D eigenvalue weighted by Gasteiger charge is 2.14. The lowest BCUT2D eigenvalue weighted by Gasteiger charge is -2.06. The number of benzene rings is 1. The lowest BCUT2D eigenvalue weighted by atomic mass is 10.1. The standard InChI is InChI=1S/C17H21N3O/c1-3-9-18-11-17-15(12-20-13(2)8-10-19-20)14-6-4-5-7-16(14)21-17/h4-8,10,18H,3,9,11-12H2,1-2H3. The predicted molar refractivity (Wildman–Crippen MR) is 84.3 cm³/mol. The number of nitrogens with zero attached hydrogens (tertiary/aromatic N) is 2. The van der Waals surface area contributed by atoms with Gasteiger partial charge >= 0.3 is 0 Å². The molecule has 0 saturated heterocycles. The number of aromatic nitrogens is 2. The average Bonchev–Trinajstić information content (AvgIpc) is 3.05. The number of fused-ring (bicyclic) bond motifs is 1. The molecule has 4 nitrogen and oxygen atoms in total. The quantitative estimate of drug-likeness (QED) is 0.704. The summed E-state index contributed by atoms with van der Waals surface area (Å²) >= 11 is 0. The molecular weight excluding hydrogens is 262 g/mol. The van der Waals surface area contributed by atoms with E-state index in [1.165, 1.54) is 10.9 Å². The first kappa shape index (κ1) is 13.9. The highest BCUT2D eigenvalue weighted by Crippen LogP contribution is 2.26. The Labute approximate surface area is 124 Å². The molecule has 21 heavy (non-hydrogen) atoms. The highest BCUT2D eigenvalue weighted by atomic mass is 16.3. The zero-order chi connectivity index (χ0) is 14.7. The molecule has 0 radical (unpaired) electrons. The number of rotatable bonds is 6. The Morgan fingerprint density at radius 3 is 2.86 bits per heavy atom. The molecule has 0 unspecified atom stereocenters. The van der Waals surface area contributed by atoms with Crippen molar-refractivity contribution < 1.29 is 4.42 Å². The second-order valence-electron chi connectivity index (χ2n) is 5.31. The van der Waals surface area contributed by atoms with Gasteiger partial charge in [-0.2, -0.15) is 5.10 Å². The SMILES string of the molecule is CCCNCc1oc2ccccc2c1Cn1nccc1C. The summed E-state index contributed by atoms with van der Waals surface area (Å²) in [4.78, 5) is 0. The Kier molecular flexibility index (Phi) is 4.06. The van der Waals surface area contributed by atoms with Gasteiger partial charge in [0.1, 0.15) is 11.3 Å². The summed E-state index contributed by atoms with van der Waals surface area (Å²) in [6.45, 7) is 6.75. The van der Waals surface area contributed by atoms with Crippen molar-refractivity contribution in [1.29, 1.82) is 0 Å². The van der Waals surface area contributed by atoms with E-state index in [2.05, 4.69) is 36.4 Å². The molecule has 0 aliphatic heterocycles. The highest BCUT2D eigenvalue weighted by molar-refractivity contribution is 5.82. The van der Waals surface area contributed by atoms with Crippen molar-refractivity contribution in [2.75, 3.05) is 6.54 Å². The normalized spacial score (nSPS) is 11.3. The fourth-order valence-corrected chi connectivity index (χ4v) is 2.56. The summed E-state index contributed by atoms with van der Waals surface area (Å²) < 4.78 is 8.05. The van der Waals surface area contributed by atoms with Crippen molar-refractivity contribution in [2.24, 2.45) is 0 Å². The van der Waals surface area contributed by atoms with Gasteiger partial charge in [0.2, 0.25) is 0 Å². The van der Waals surface area contributed by atoms with Gasteiger partial charge in [-0.1, -0.05) is 25.1 Å². The van der Waals surface area contributed by atoms with Crippen LogP contribution in [0.5, 0.6) is 0 Å². The lowest BCUT2D eigenvalue weighted by Crippen LogP contribution is -2.15. The summed E-state index contributed by atoms with van der Waals surface area (Å²) in [5.74, 6) is 1.01. The fraction of sp³-hybridized carbons (Fsp3) is 0.353. The van der Waals surface area contributed by atoms with Crippen molar-refractivity contribution in [3.8, 4) is 0 Å². The summed E-state index contributed by atoms with van der Waals surface area (Å²) in [6, 6.07) is 10.2. The van der Waals surface area contributed by atoms with Crippen molar-refractivity contribution in [1.82, 2.24) is 15.1 Å². The molecule has 2 heterocycles. The average molecular weight is 283 g/mol. The lowest BCUT2D eigenvalue weighted by molar-refractivity contribution is 0.502. The number of furan rings is 1. The minimum atomic E-state index is 0.749. The van der Waals surface area contributed by atoms with Crippen molar-refractivity contribution in [2.45, 2.75) is 33.4 Å². The Bertz CT molecular complexity index is 727. The van der Waals surface area contributed by atoms with Crippen molar-refractivity contribution in [3.63, 3.8) is 0 Å². The first-order valence-electron chi connectivity index (χ1n) is 7.48. The summed E-state index contributed by atoms with van der Waals surface area (Å²) in [5.41, 5.74) is 3.33. The smallest absolute Gasteiger partial charge is 0.134 e. The molecule has 0 bridgehead atoms. The molecule has 3 rings (SSSR count). The third-order valence-corrected chi connectivity index (χ3v) is 3.73. The molecule has 0 fully saturated rings. The molecule has 4 heteroatoms. The maximum Gasteiger partial charge on any atom is 0.134 e. The van der Waals surface area contributed by atoms with Crippen LogP contribution in [0.1, 0.15) is 30.4 Å². The van der Waals surface area contributed by atoms with E-state index in [0.717, 1.165) is 43.1 Å². The van der Waals surface area contributed by atoms with Crippen LogP contribution >= 0.6 is 0 Å². The van der Waals surface area contributed by atoms with Gasteiger partial charge in [0, 0.05) is 22.8 Å². The molecule has 3 aromatic rings. The van der Waals surface area contributed by atoms with E-state index < -0.39 is 0 Å². The zero-order valence-corrected chi connectivity index (χ0v) is 12.6. The van der Waals surface area contributed by atoms with Crippen LogP contribution in [0.25, 0.3) is 11.0 Å². The van der Waals surface area contributed by atoms with Crippen LogP contribution in [-0.2, 0) is 13.1 Å². The summed E-state index contributed by atoms with van der Waals surface area (Å²) in [5, 5.41) is 8.99. The van der Waals surface area contributed by atoms with E-state index in [9.17, 15) is 0 Å². The molecule has 0 saturated carbocycles. The molecule has 0 atom stereocenters. The van der Waals surface area contributed by atoms with Crippen LogP contribution in [0, 0.1) is 6.92 Å². The van der Waals surface area contributed by atoms with E-state index in [4.69, 9.17) is 4.42 Å². The molecule has 0 spiro atoms. The zero-order valence-electron chi connectivity index (χ0n) is 12.6. The molecule has 110 valence electrons. The Balaban J connectivity index is 1.96. The van der Waals surface area contributed by atoms with E-state index >= 15 is 0 Å². The number of hydrogen-bond acceptors (Lipinski definition) is 3. The number of para-hydroxylation sites is 1. The Morgan fingerprint density at radius 2 is 2.10 bits per heavy atom. The summed E-state index contributed by atoms with van der Waals surface area (Å²) in [7, 11) is 0. The van der Waals surface area contributed by atoms with Gasteiger partial charge in [0.25, 0.3) is 0 Å². The van der Waals surface area contributed by atoms with E-state index in [0.29, 0.717) is 0 Å². The van der Waals surface area contributed by atoms with Gasteiger partial charge in [0.15, 0.2) is 0 Å². The van der Waals surface area contributed by atoms with Crippen molar-refractivity contribution in [3.05, 3.63) is 53.5 Å². The first-order valence-corrected chi connectivity index (χ1v) is 7.48. The monoisotopic (exact) mass is 283 g/mol. The maximum absolute atomic E-state index is 6.03.